The number of benzene rings is 2. The Hall–Kier alpha value is -3.59. The minimum absolute atomic E-state index is 0.184. The van der Waals surface area contributed by atoms with E-state index in [4.69, 9.17) is 42.4 Å². The van der Waals surface area contributed by atoms with E-state index in [1.165, 1.54) is 0 Å². The van der Waals surface area contributed by atoms with E-state index in [-0.39, 0.29) is 11.9 Å². The average Bonchev–Trinajstić information content (AvgIpc) is 2.98. The number of morpholine rings is 1. The molecule has 1 atom stereocenters. The zero-order valence-corrected chi connectivity index (χ0v) is 22.8. The highest BCUT2D eigenvalue weighted by Crippen LogP contribution is 2.42. The van der Waals surface area contributed by atoms with Crippen molar-refractivity contribution in [1.82, 2.24) is 15.3 Å². The van der Waals surface area contributed by atoms with Crippen molar-refractivity contribution in [3.05, 3.63) is 76.0 Å². The Morgan fingerprint density at radius 1 is 1.05 bits per heavy atom. The molecule has 2 aliphatic heterocycles. The molecule has 0 bridgehead atoms. The first kappa shape index (κ1) is 25.7. The summed E-state index contributed by atoms with van der Waals surface area (Å²) in [4.78, 5) is 25.5. The van der Waals surface area contributed by atoms with Crippen molar-refractivity contribution >= 4 is 45.7 Å². The number of nitrogens with one attached hydrogen (secondary N) is 1. The molecule has 2 aromatic heterocycles. The van der Waals surface area contributed by atoms with Crippen molar-refractivity contribution in [2.75, 3.05) is 44.9 Å². The van der Waals surface area contributed by atoms with E-state index in [0.717, 1.165) is 17.0 Å². The molecule has 4 heterocycles. The highest BCUT2D eigenvalue weighted by molar-refractivity contribution is 6.43. The molecular formula is C29H26Cl2N4O4. The Bertz CT molecular complexity index is 1560. The Kier molecular flexibility index (Phi) is 7.16. The molecule has 0 unspecified atom stereocenters. The van der Waals surface area contributed by atoms with Gasteiger partial charge in [0.25, 0.3) is 5.91 Å². The number of rotatable bonds is 5. The number of carbonyl (C=O) groups is 1. The summed E-state index contributed by atoms with van der Waals surface area (Å²) < 4.78 is 17.2. The van der Waals surface area contributed by atoms with Gasteiger partial charge in [0, 0.05) is 36.8 Å². The van der Waals surface area contributed by atoms with Crippen molar-refractivity contribution in [3.8, 4) is 22.8 Å². The van der Waals surface area contributed by atoms with E-state index in [9.17, 15) is 4.79 Å². The van der Waals surface area contributed by atoms with Gasteiger partial charge < -0.3 is 24.4 Å². The van der Waals surface area contributed by atoms with Crippen LogP contribution in [-0.2, 0) is 4.74 Å². The second-order valence-corrected chi connectivity index (χ2v) is 10.1. The van der Waals surface area contributed by atoms with Crippen LogP contribution >= 0.6 is 23.2 Å². The van der Waals surface area contributed by atoms with E-state index in [0.29, 0.717) is 82.8 Å². The zero-order valence-electron chi connectivity index (χ0n) is 21.2. The average molecular weight is 565 g/mol. The fourth-order valence-corrected chi connectivity index (χ4v) is 5.60. The first-order chi connectivity index (χ1) is 19.1. The number of hydrogen-bond donors (Lipinski definition) is 1. The third kappa shape index (κ3) is 4.73. The van der Waals surface area contributed by atoms with Crippen LogP contribution in [0.25, 0.3) is 22.2 Å². The van der Waals surface area contributed by atoms with Gasteiger partial charge in [0.1, 0.15) is 17.0 Å². The molecule has 39 heavy (non-hydrogen) atoms. The Balaban J connectivity index is 1.52. The first-order valence-corrected chi connectivity index (χ1v) is 13.5. The molecule has 200 valence electrons. The van der Waals surface area contributed by atoms with Gasteiger partial charge in [-0.3, -0.25) is 14.8 Å². The summed E-state index contributed by atoms with van der Waals surface area (Å²) >= 11 is 12.9. The molecule has 6 rings (SSSR count). The summed E-state index contributed by atoms with van der Waals surface area (Å²) in [7, 11) is 1.58. The lowest BCUT2D eigenvalue weighted by atomic mass is 9.99. The zero-order chi connectivity index (χ0) is 26.9. The number of hydrogen-bond acceptors (Lipinski definition) is 7. The van der Waals surface area contributed by atoms with Gasteiger partial charge in [-0.1, -0.05) is 53.5 Å². The summed E-state index contributed by atoms with van der Waals surface area (Å²) in [6.07, 6.45) is 3.91. The fourth-order valence-electron chi connectivity index (χ4n) is 5.21. The number of nitrogens with zero attached hydrogens (tertiary/aromatic N) is 3. The third-order valence-electron chi connectivity index (χ3n) is 7.10. The van der Waals surface area contributed by atoms with E-state index in [1.807, 2.05) is 36.4 Å². The predicted molar refractivity (Wildman–Crippen MR) is 151 cm³/mol. The number of fused-ring (bicyclic) bond motifs is 2. The Morgan fingerprint density at radius 3 is 2.69 bits per heavy atom. The number of carbonyl (C=O) groups excluding carboxylic acids is 1. The van der Waals surface area contributed by atoms with E-state index in [2.05, 4.69) is 15.2 Å². The van der Waals surface area contributed by atoms with Crippen molar-refractivity contribution in [2.45, 2.75) is 12.5 Å². The molecule has 8 nitrogen and oxygen atoms in total. The van der Waals surface area contributed by atoms with Gasteiger partial charge in [-0.05, 0) is 12.1 Å². The minimum atomic E-state index is -0.228. The molecule has 10 heteroatoms. The maximum atomic E-state index is 13.9. The lowest BCUT2D eigenvalue weighted by Crippen LogP contribution is -2.39. The predicted octanol–water partition coefficient (Wildman–Crippen LogP) is 5.70. The maximum absolute atomic E-state index is 13.9. The molecule has 4 aromatic rings. The fraction of sp³-hybridized carbons (Fsp3) is 0.276. The highest BCUT2D eigenvalue weighted by Gasteiger charge is 2.29. The van der Waals surface area contributed by atoms with E-state index in [1.54, 1.807) is 25.6 Å². The summed E-state index contributed by atoms with van der Waals surface area (Å²) in [5.74, 6) is 1.07. The van der Waals surface area contributed by atoms with Crippen LogP contribution in [0, 0.1) is 0 Å². The number of pyridine rings is 2. The molecular weight excluding hydrogens is 539 g/mol. The monoisotopic (exact) mass is 564 g/mol. The molecule has 0 radical (unpaired) electrons. The highest BCUT2D eigenvalue weighted by atomic mass is 35.5. The van der Waals surface area contributed by atoms with Crippen LogP contribution < -0.4 is 19.7 Å². The topological polar surface area (TPSA) is 85.8 Å². The standard InChI is InChI=1S/C29H26Cl2N4O4/c1-37-23-16-33-26(18-6-4-7-20(30)25(18)31)27-24(23)28(35-10-13-38-14-11-35)19(15-32-27)29(36)34-21-9-12-39-22-8-3-2-5-17(21)22/h2-8,15-16,21H,9-14H2,1H3,(H,34,36)/t21-/m0/s1. The molecule has 2 aromatic carbocycles. The van der Waals surface area contributed by atoms with Gasteiger partial charge in [-0.15, -0.1) is 0 Å². The van der Waals surface area contributed by atoms with Gasteiger partial charge in [-0.25, -0.2) is 0 Å². The number of methoxy groups -OCH3 is 1. The van der Waals surface area contributed by atoms with Crippen LogP contribution in [0.4, 0.5) is 5.69 Å². The Morgan fingerprint density at radius 2 is 1.87 bits per heavy atom. The normalized spacial score (nSPS) is 16.9. The molecule has 0 aliphatic carbocycles. The van der Waals surface area contributed by atoms with Crippen LogP contribution in [-0.4, -0.2) is 55.9 Å². The smallest absolute Gasteiger partial charge is 0.255 e. The lowest BCUT2D eigenvalue weighted by Gasteiger charge is -2.32. The molecule has 1 saturated heterocycles. The van der Waals surface area contributed by atoms with Crippen LogP contribution in [0.3, 0.4) is 0 Å². The van der Waals surface area contributed by atoms with E-state index >= 15 is 0 Å². The molecule has 1 N–H and O–H groups in total. The van der Waals surface area contributed by atoms with Crippen LogP contribution in [0.5, 0.6) is 11.5 Å². The molecule has 0 saturated carbocycles. The van der Waals surface area contributed by atoms with Gasteiger partial charge in [0.05, 0.1) is 71.5 Å². The second-order valence-electron chi connectivity index (χ2n) is 9.32. The quantitative estimate of drug-likeness (QED) is 0.332. The minimum Gasteiger partial charge on any atom is -0.494 e. The number of halogens is 2. The van der Waals surface area contributed by atoms with Crippen LogP contribution in [0.1, 0.15) is 28.4 Å². The van der Waals surface area contributed by atoms with E-state index < -0.39 is 0 Å². The maximum Gasteiger partial charge on any atom is 0.255 e. The van der Waals surface area contributed by atoms with Crippen molar-refractivity contribution in [1.29, 1.82) is 0 Å². The summed E-state index contributed by atoms with van der Waals surface area (Å²) in [5, 5.41) is 4.70. The largest absolute Gasteiger partial charge is 0.494 e. The lowest BCUT2D eigenvalue weighted by molar-refractivity contribution is 0.0923. The summed E-state index contributed by atoms with van der Waals surface area (Å²) in [6.45, 7) is 2.82. The summed E-state index contributed by atoms with van der Waals surface area (Å²) in [5.41, 5.74) is 3.89. The second kappa shape index (κ2) is 10.9. The molecule has 2 aliphatic rings. The Labute approximate surface area is 235 Å². The van der Waals surface area contributed by atoms with Crippen molar-refractivity contribution in [2.24, 2.45) is 0 Å². The first-order valence-electron chi connectivity index (χ1n) is 12.7. The molecule has 0 spiro atoms. The van der Waals surface area contributed by atoms with Gasteiger partial charge >= 0.3 is 0 Å². The van der Waals surface area contributed by atoms with Gasteiger partial charge in [0.15, 0.2) is 0 Å². The van der Waals surface area contributed by atoms with Crippen molar-refractivity contribution in [3.63, 3.8) is 0 Å². The summed E-state index contributed by atoms with van der Waals surface area (Å²) in [6, 6.07) is 13.0. The van der Waals surface area contributed by atoms with Crippen LogP contribution in [0.2, 0.25) is 10.0 Å². The molecule has 1 amide bonds. The number of ether oxygens (including phenoxy) is 3. The number of para-hydroxylation sites is 1. The third-order valence-corrected chi connectivity index (χ3v) is 7.91. The number of aromatic nitrogens is 2. The molecule has 1 fully saturated rings. The van der Waals surface area contributed by atoms with Gasteiger partial charge in [0.2, 0.25) is 0 Å². The van der Waals surface area contributed by atoms with Gasteiger partial charge in [-0.2, -0.15) is 0 Å². The number of amides is 1. The van der Waals surface area contributed by atoms with Crippen LogP contribution in [0.15, 0.2) is 54.9 Å². The SMILES string of the molecule is COc1cnc(-c2cccc(Cl)c2Cl)c2ncc(C(=O)N[C@H]3CCOc4ccccc43)c(N3CCOCC3)c12. The number of anilines is 1. The van der Waals surface area contributed by atoms with Crippen molar-refractivity contribution < 1.29 is 19.0 Å².